The van der Waals surface area contributed by atoms with Crippen molar-refractivity contribution in [1.82, 2.24) is 10.6 Å². The van der Waals surface area contributed by atoms with E-state index in [1.165, 1.54) is 18.2 Å². The van der Waals surface area contributed by atoms with Crippen LogP contribution in [0.5, 0.6) is 0 Å². The third kappa shape index (κ3) is 6.71. The van der Waals surface area contributed by atoms with E-state index < -0.39 is 0 Å². The summed E-state index contributed by atoms with van der Waals surface area (Å²) in [5.74, 6) is -0.737. The molecule has 0 bridgehead atoms. The van der Waals surface area contributed by atoms with Crippen molar-refractivity contribution in [1.29, 1.82) is 0 Å². The van der Waals surface area contributed by atoms with Gasteiger partial charge in [0, 0.05) is 19.2 Å². The summed E-state index contributed by atoms with van der Waals surface area (Å²) in [5, 5.41) is 5.46. The molecule has 0 atom stereocenters. The molecule has 2 N–H and O–H groups in total. The van der Waals surface area contributed by atoms with Crippen molar-refractivity contribution in [2.24, 2.45) is 0 Å². The van der Waals surface area contributed by atoms with E-state index in [1.807, 2.05) is 54.6 Å². The Kier molecular flexibility index (Phi) is 7.50. The van der Waals surface area contributed by atoms with Crippen LogP contribution in [0.4, 0.5) is 4.39 Å². The lowest BCUT2D eigenvalue weighted by Gasteiger charge is -2.06. The number of halogens is 1. The Hall–Kier alpha value is -3.73. The molecule has 0 saturated heterocycles. The first-order chi connectivity index (χ1) is 14.6. The summed E-state index contributed by atoms with van der Waals surface area (Å²) in [7, 11) is 0. The number of rotatable bonds is 8. The maximum absolute atomic E-state index is 12.9. The van der Waals surface area contributed by atoms with Gasteiger partial charge in [0.2, 0.25) is 11.8 Å². The SMILES string of the molecule is O=C(/C=C/c1cccc(-c2ccccc2)c1)NCCNC(=O)Cc1ccc(F)cc1. The molecule has 3 aromatic carbocycles. The molecule has 0 unspecified atom stereocenters. The fourth-order valence-electron chi connectivity index (χ4n) is 2.92. The van der Waals surface area contributed by atoms with Crippen LogP contribution in [-0.4, -0.2) is 24.9 Å². The van der Waals surface area contributed by atoms with E-state index in [0.717, 1.165) is 22.3 Å². The molecular formula is C25H23FN2O2. The van der Waals surface area contributed by atoms with E-state index in [4.69, 9.17) is 0 Å². The normalized spacial score (nSPS) is 10.7. The summed E-state index contributed by atoms with van der Waals surface area (Å²) < 4.78 is 12.9. The van der Waals surface area contributed by atoms with Crippen molar-refractivity contribution < 1.29 is 14.0 Å². The molecule has 4 nitrogen and oxygen atoms in total. The predicted octanol–water partition coefficient (Wildman–Crippen LogP) is 3.98. The van der Waals surface area contributed by atoms with E-state index in [2.05, 4.69) is 10.6 Å². The lowest BCUT2D eigenvalue weighted by Crippen LogP contribution is -2.34. The van der Waals surface area contributed by atoms with Crippen molar-refractivity contribution in [3.05, 3.63) is 102 Å². The van der Waals surface area contributed by atoms with Gasteiger partial charge >= 0.3 is 0 Å². The number of nitrogens with one attached hydrogen (secondary N) is 2. The van der Waals surface area contributed by atoms with E-state index in [0.29, 0.717) is 13.1 Å². The highest BCUT2D eigenvalue weighted by atomic mass is 19.1. The van der Waals surface area contributed by atoms with Gasteiger partial charge in [-0.1, -0.05) is 60.7 Å². The molecule has 0 fully saturated rings. The van der Waals surface area contributed by atoms with Gasteiger partial charge in [-0.2, -0.15) is 0 Å². The lowest BCUT2D eigenvalue weighted by atomic mass is 10.0. The first-order valence-corrected chi connectivity index (χ1v) is 9.73. The number of benzene rings is 3. The third-order valence-corrected chi connectivity index (χ3v) is 4.45. The van der Waals surface area contributed by atoms with Gasteiger partial charge in [-0.25, -0.2) is 4.39 Å². The maximum Gasteiger partial charge on any atom is 0.244 e. The number of hydrogen-bond donors (Lipinski definition) is 2. The van der Waals surface area contributed by atoms with Crippen LogP contribution in [0, 0.1) is 5.82 Å². The van der Waals surface area contributed by atoms with Gasteiger partial charge < -0.3 is 10.6 Å². The molecule has 5 heteroatoms. The van der Waals surface area contributed by atoms with Crippen LogP contribution in [0.2, 0.25) is 0 Å². The first-order valence-electron chi connectivity index (χ1n) is 9.73. The molecule has 0 heterocycles. The molecule has 0 saturated carbocycles. The first kappa shape index (κ1) is 21.0. The topological polar surface area (TPSA) is 58.2 Å². The zero-order valence-electron chi connectivity index (χ0n) is 16.5. The Labute approximate surface area is 175 Å². The molecule has 30 heavy (non-hydrogen) atoms. The second kappa shape index (κ2) is 10.7. The Morgan fingerprint density at radius 3 is 2.27 bits per heavy atom. The molecule has 2 amide bonds. The third-order valence-electron chi connectivity index (χ3n) is 4.45. The van der Waals surface area contributed by atoms with Gasteiger partial charge in [0.1, 0.15) is 5.82 Å². The Morgan fingerprint density at radius 1 is 0.800 bits per heavy atom. The standard InChI is InChI=1S/C25H23FN2O2/c26-23-12-9-20(10-13-23)18-25(30)28-16-15-27-24(29)14-11-19-5-4-8-22(17-19)21-6-2-1-3-7-21/h1-14,17H,15-16,18H2,(H,27,29)(H,28,30)/b14-11+. The van der Waals surface area contributed by atoms with Gasteiger partial charge in [0.15, 0.2) is 0 Å². The number of carbonyl (C=O) groups excluding carboxylic acids is 2. The molecule has 3 rings (SSSR count). The van der Waals surface area contributed by atoms with Crippen molar-refractivity contribution >= 4 is 17.9 Å². The van der Waals surface area contributed by atoms with Crippen LogP contribution in [0.3, 0.4) is 0 Å². The Morgan fingerprint density at radius 2 is 1.50 bits per heavy atom. The summed E-state index contributed by atoms with van der Waals surface area (Å²) in [4.78, 5) is 23.9. The average Bonchev–Trinajstić information content (AvgIpc) is 2.78. The van der Waals surface area contributed by atoms with Crippen LogP contribution >= 0.6 is 0 Å². The van der Waals surface area contributed by atoms with Crippen molar-refractivity contribution in [3.8, 4) is 11.1 Å². The van der Waals surface area contributed by atoms with E-state index >= 15 is 0 Å². The van der Waals surface area contributed by atoms with Crippen molar-refractivity contribution in [2.75, 3.05) is 13.1 Å². The van der Waals surface area contributed by atoms with Crippen LogP contribution in [0.25, 0.3) is 17.2 Å². The summed E-state index contributed by atoms with van der Waals surface area (Å²) in [5.41, 5.74) is 3.87. The minimum Gasteiger partial charge on any atom is -0.354 e. The van der Waals surface area contributed by atoms with Crippen LogP contribution in [-0.2, 0) is 16.0 Å². The zero-order valence-corrected chi connectivity index (χ0v) is 16.5. The quantitative estimate of drug-likeness (QED) is 0.442. The van der Waals surface area contributed by atoms with Crippen LogP contribution in [0.15, 0.2) is 84.9 Å². The zero-order chi connectivity index (χ0) is 21.2. The molecule has 0 radical (unpaired) electrons. The van der Waals surface area contributed by atoms with E-state index in [9.17, 15) is 14.0 Å². The van der Waals surface area contributed by atoms with E-state index in [-0.39, 0.29) is 24.1 Å². The summed E-state index contributed by atoms with van der Waals surface area (Å²) >= 11 is 0. The fourth-order valence-corrected chi connectivity index (χ4v) is 2.92. The van der Waals surface area contributed by atoms with Gasteiger partial charge in [-0.3, -0.25) is 9.59 Å². The highest BCUT2D eigenvalue weighted by Crippen LogP contribution is 2.20. The molecule has 0 aliphatic heterocycles. The molecule has 152 valence electrons. The highest BCUT2D eigenvalue weighted by molar-refractivity contribution is 5.92. The molecule has 0 aromatic heterocycles. The highest BCUT2D eigenvalue weighted by Gasteiger charge is 2.03. The Bertz CT molecular complexity index is 1010. The minimum absolute atomic E-state index is 0.173. The minimum atomic E-state index is -0.332. The van der Waals surface area contributed by atoms with Gasteiger partial charge in [-0.15, -0.1) is 0 Å². The molecule has 0 aliphatic carbocycles. The number of hydrogen-bond acceptors (Lipinski definition) is 2. The second-order valence-electron chi connectivity index (χ2n) is 6.77. The molecule has 0 aliphatic rings. The second-order valence-corrected chi connectivity index (χ2v) is 6.77. The average molecular weight is 402 g/mol. The molecular weight excluding hydrogens is 379 g/mol. The summed E-state index contributed by atoms with van der Waals surface area (Å²) in [6.45, 7) is 0.644. The number of amides is 2. The van der Waals surface area contributed by atoms with Gasteiger partial charge in [0.05, 0.1) is 6.42 Å². The summed E-state index contributed by atoms with van der Waals surface area (Å²) in [6, 6.07) is 23.8. The molecule has 0 spiro atoms. The van der Waals surface area contributed by atoms with Crippen LogP contribution in [0.1, 0.15) is 11.1 Å². The summed E-state index contributed by atoms with van der Waals surface area (Å²) in [6.07, 6.45) is 3.41. The lowest BCUT2D eigenvalue weighted by molar-refractivity contribution is -0.121. The Balaban J connectivity index is 1.41. The molecule has 3 aromatic rings. The predicted molar refractivity (Wildman–Crippen MR) is 117 cm³/mol. The van der Waals surface area contributed by atoms with Crippen LogP contribution < -0.4 is 10.6 Å². The van der Waals surface area contributed by atoms with Crippen molar-refractivity contribution in [3.63, 3.8) is 0 Å². The van der Waals surface area contributed by atoms with Gasteiger partial charge in [0.25, 0.3) is 0 Å². The maximum atomic E-state index is 12.9. The monoisotopic (exact) mass is 402 g/mol. The fraction of sp³-hybridized carbons (Fsp3) is 0.120. The largest absolute Gasteiger partial charge is 0.354 e. The van der Waals surface area contributed by atoms with E-state index in [1.54, 1.807) is 18.2 Å². The van der Waals surface area contributed by atoms with Gasteiger partial charge in [-0.05, 0) is 46.5 Å². The number of carbonyl (C=O) groups is 2. The van der Waals surface area contributed by atoms with Crippen molar-refractivity contribution in [2.45, 2.75) is 6.42 Å². The smallest absolute Gasteiger partial charge is 0.244 e.